The van der Waals surface area contributed by atoms with Crippen molar-refractivity contribution < 1.29 is 9.32 Å². The highest BCUT2D eigenvalue weighted by atomic mass is 79.9. The van der Waals surface area contributed by atoms with E-state index >= 15 is 0 Å². The Bertz CT molecular complexity index is 771. The molecular formula is C15H10BrN3O2. The molecular weight excluding hydrogens is 334 g/mol. The van der Waals surface area contributed by atoms with Gasteiger partial charge >= 0.3 is 0 Å². The minimum absolute atomic E-state index is 0.135. The molecule has 5 nitrogen and oxygen atoms in total. The van der Waals surface area contributed by atoms with Crippen molar-refractivity contribution in [3.05, 3.63) is 65.0 Å². The van der Waals surface area contributed by atoms with Crippen LogP contribution in [0.2, 0.25) is 0 Å². The maximum atomic E-state index is 12.1. The molecule has 0 unspecified atom stereocenters. The lowest BCUT2D eigenvalue weighted by Crippen LogP contribution is -2.11. The number of pyridine rings is 1. The molecule has 0 fully saturated rings. The van der Waals surface area contributed by atoms with Gasteiger partial charge in [0.25, 0.3) is 5.91 Å². The largest absolute Gasteiger partial charge is 0.350 e. The molecule has 3 rings (SSSR count). The fraction of sp³-hybridized carbons (Fsp3) is 0. The smallest absolute Gasteiger partial charge is 0.295 e. The number of halogens is 1. The van der Waals surface area contributed by atoms with Crippen LogP contribution in [-0.2, 0) is 0 Å². The Morgan fingerprint density at radius 1 is 1.14 bits per heavy atom. The molecule has 0 aliphatic heterocycles. The zero-order valence-electron chi connectivity index (χ0n) is 10.8. The molecule has 0 bridgehead atoms. The zero-order chi connectivity index (χ0) is 14.7. The number of benzene rings is 1. The van der Waals surface area contributed by atoms with Gasteiger partial charge in [-0.05, 0) is 12.1 Å². The minimum Gasteiger partial charge on any atom is -0.350 e. The average Bonchev–Trinajstić information content (AvgIpc) is 2.98. The molecule has 0 saturated heterocycles. The Balaban J connectivity index is 1.78. The first-order chi connectivity index (χ1) is 10.2. The molecule has 2 heterocycles. The van der Waals surface area contributed by atoms with E-state index in [0.717, 1.165) is 10.0 Å². The highest BCUT2D eigenvalue weighted by Gasteiger charge is 2.14. The van der Waals surface area contributed by atoms with E-state index in [-0.39, 0.29) is 5.76 Å². The third-order valence-electron chi connectivity index (χ3n) is 2.77. The summed E-state index contributed by atoms with van der Waals surface area (Å²) in [5, 5.41) is 6.55. The van der Waals surface area contributed by atoms with Crippen LogP contribution in [0.1, 0.15) is 10.6 Å². The van der Waals surface area contributed by atoms with Gasteiger partial charge in [-0.1, -0.05) is 51.4 Å². The van der Waals surface area contributed by atoms with E-state index in [0.29, 0.717) is 11.5 Å². The van der Waals surface area contributed by atoms with E-state index in [1.165, 1.54) is 0 Å². The summed E-state index contributed by atoms with van der Waals surface area (Å²) in [4.78, 5) is 16.1. The number of hydrogen-bond acceptors (Lipinski definition) is 4. The normalized spacial score (nSPS) is 10.3. The topological polar surface area (TPSA) is 68.0 Å². The van der Waals surface area contributed by atoms with Crippen molar-refractivity contribution in [2.45, 2.75) is 0 Å². The lowest BCUT2D eigenvalue weighted by atomic mass is 10.1. The summed E-state index contributed by atoms with van der Waals surface area (Å²) in [7, 11) is 0. The Morgan fingerprint density at radius 3 is 2.71 bits per heavy atom. The number of rotatable bonds is 3. The van der Waals surface area contributed by atoms with E-state index in [1.54, 1.807) is 24.4 Å². The second-order valence-corrected chi connectivity index (χ2v) is 5.17. The fourth-order valence-corrected chi connectivity index (χ4v) is 2.11. The second kappa shape index (κ2) is 5.88. The van der Waals surface area contributed by atoms with Crippen LogP contribution in [0.3, 0.4) is 0 Å². The Morgan fingerprint density at radius 2 is 1.95 bits per heavy atom. The third-order valence-corrected chi connectivity index (χ3v) is 3.26. The quantitative estimate of drug-likeness (QED) is 0.786. The van der Waals surface area contributed by atoms with E-state index in [2.05, 4.69) is 31.4 Å². The minimum atomic E-state index is -0.393. The number of amides is 1. The van der Waals surface area contributed by atoms with Crippen LogP contribution < -0.4 is 5.32 Å². The summed E-state index contributed by atoms with van der Waals surface area (Å²) in [6.45, 7) is 0. The van der Waals surface area contributed by atoms with Gasteiger partial charge in [0, 0.05) is 22.3 Å². The molecule has 1 amide bonds. The van der Waals surface area contributed by atoms with Crippen LogP contribution in [-0.4, -0.2) is 16.0 Å². The van der Waals surface area contributed by atoms with Crippen molar-refractivity contribution in [3.63, 3.8) is 0 Å². The number of carbonyl (C=O) groups is 1. The van der Waals surface area contributed by atoms with Crippen LogP contribution in [0.5, 0.6) is 0 Å². The number of aromatic nitrogens is 2. The van der Waals surface area contributed by atoms with Gasteiger partial charge in [-0.2, -0.15) is 0 Å². The van der Waals surface area contributed by atoms with Crippen LogP contribution in [0.25, 0.3) is 11.3 Å². The predicted octanol–water partition coefficient (Wildman–Crippen LogP) is 3.75. The summed E-state index contributed by atoms with van der Waals surface area (Å²) in [5.41, 5.74) is 1.50. The van der Waals surface area contributed by atoms with Crippen molar-refractivity contribution in [1.29, 1.82) is 0 Å². The summed E-state index contributed by atoms with van der Waals surface area (Å²) in [6.07, 6.45) is 1.59. The second-order valence-electron chi connectivity index (χ2n) is 4.26. The SMILES string of the molecule is O=C(Nc1cc(Br)ccn1)c1cc(-c2ccccc2)no1. The molecule has 1 N–H and O–H groups in total. The highest BCUT2D eigenvalue weighted by molar-refractivity contribution is 9.10. The Kier molecular flexibility index (Phi) is 3.79. The number of nitrogens with one attached hydrogen (secondary N) is 1. The standard InChI is InChI=1S/C15H10BrN3O2/c16-11-6-7-17-14(8-11)18-15(20)13-9-12(19-21-13)10-4-2-1-3-5-10/h1-9H,(H,17,18,20). The monoisotopic (exact) mass is 343 g/mol. The van der Waals surface area contributed by atoms with Crippen LogP contribution >= 0.6 is 15.9 Å². The third kappa shape index (κ3) is 3.17. The van der Waals surface area contributed by atoms with E-state index in [1.807, 2.05) is 30.3 Å². The van der Waals surface area contributed by atoms with Crippen molar-refractivity contribution in [2.24, 2.45) is 0 Å². The molecule has 104 valence electrons. The molecule has 1 aromatic carbocycles. The van der Waals surface area contributed by atoms with Gasteiger partial charge in [-0.3, -0.25) is 4.79 Å². The van der Waals surface area contributed by atoms with E-state index < -0.39 is 5.91 Å². The molecule has 3 aromatic rings. The van der Waals surface area contributed by atoms with Crippen molar-refractivity contribution in [3.8, 4) is 11.3 Å². The molecule has 2 aromatic heterocycles. The van der Waals surface area contributed by atoms with Crippen LogP contribution in [0, 0.1) is 0 Å². The summed E-state index contributed by atoms with van der Waals surface area (Å²) < 4.78 is 5.91. The first kappa shape index (κ1) is 13.5. The lowest BCUT2D eigenvalue weighted by Gasteiger charge is -2.01. The van der Waals surface area contributed by atoms with E-state index in [4.69, 9.17) is 4.52 Å². The maximum Gasteiger partial charge on any atom is 0.295 e. The lowest BCUT2D eigenvalue weighted by molar-refractivity contribution is 0.0987. The molecule has 0 saturated carbocycles. The van der Waals surface area contributed by atoms with E-state index in [9.17, 15) is 4.79 Å². The van der Waals surface area contributed by atoms with Gasteiger partial charge in [-0.15, -0.1) is 0 Å². The van der Waals surface area contributed by atoms with Gasteiger partial charge in [0.1, 0.15) is 11.5 Å². The highest BCUT2D eigenvalue weighted by Crippen LogP contribution is 2.19. The summed E-state index contributed by atoms with van der Waals surface area (Å²) >= 11 is 3.32. The molecule has 0 spiro atoms. The van der Waals surface area contributed by atoms with Gasteiger partial charge in [0.15, 0.2) is 0 Å². The first-order valence-corrected chi connectivity index (χ1v) is 6.97. The number of anilines is 1. The Labute approximate surface area is 129 Å². The molecule has 0 radical (unpaired) electrons. The molecule has 0 aliphatic rings. The van der Waals surface area contributed by atoms with Crippen molar-refractivity contribution in [2.75, 3.05) is 5.32 Å². The van der Waals surface area contributed by atoms with Crippen molar-refractivity contribution >= 4 is 27.7 Å². The van der Waals surface area contributed by atoms with Crippen LogP contribution in [0.4, 0.5) is 5.82 Å². The van der Waals surface area contributed by atoms with Crippen molar-refractivity contribution in [1.82, 2.24) is 10.1 Å². The summed E-state index contributed by atoms with van der Waals surface area (Å²) in [5.74, 6) is 0.179. The average molecular weight is 344 g/mol. The Hall–Kier alpha value is -2.47. The van der Waals surface area contributed by atoms with Gasteiger partial charge in [-0.25, -0.2) is 4.98 Å². The molecule has 0 atom stereocenters. The number of hydrogen-bond donors (Lipinski definition) is 1. The number of nitrogens with zero attached hydrogens (tertiary/aromatic N) is 2. The molecule has 0 aliphatic carbocycles. The van der Waals surface area contributed by atoms with Gasteiger partial charge in [0.05, 0.1) is 0 Å². The maximum absolute atomic E-state index is 12.1. The summed E-state index contributed by atoms with van der Waals surface area (Å²) in [6, 6.07) is 14.6. The molecule has 21 heavy (non-hydrogen) atoms. The van der Waals surface area contributed by atoms with Gasteiger partial charge < -0.3 is 9.84 Å². The van der Waals surface area contributed by atoms with Crippen LogP contribution in [0.15, 0.2) is 63.7 Å². The zero-order valence-corrected chi connectivity index (χ0v) is 12.4. The fourth-order valence-electron chi connectivity index (χ4n) is 1.78. The predicted molar refractivity (Wildman–Crippen MR) is 81.8 cm³/mol. The number of carbonyl (C=O) groups excluding carboxylic acids is 1. The van der Waals surface area contributed by atoms with Gasteiger partial charge in [0.2, 0.25) is 5.76 Å². The molecule has 6 heteroatoms. The first-order valence-electron chi connectivity index (χ1n) is 6.17.